The third-order valence-electron chi connectivity index (χ3n) is 3.33. The van der Waals surface area contributed by atoms with Crippen LogP contribution in [0, 0.1) is 11.8 Å². The Hall–Kier alpha value is -0.860. The fourth-order valence-electron chi connectivity index (χ4n) is 2.18. The van der Waals surface area contributed by atoms with Gasteiger partial charge in [-0.25, -0.2) is 0 Å². The average molecular weight is 264 g/mol. The monoisotopic (exact) mass is 264 g/mol. The summed E-state index contributed by atoms with van der Waals surface area (Å²) in [5.74, 6) is 5.76. The molecular formula is C14H20N2OS. The van der Waals surface area contributed by atoms with Crippen molar-refractivity contribution in [2.75, 3.05) is 39.3 Å². The number of hydrogen-bond acceptors (Lipinski definition) is 4. The Bertz CT molecular complexity index is 424. The van der Waals surface area contributed by atoms with Crippen molar-refractivity contribution in [3.8, 4) is 11.8 Å². The van der Waals surface area contributed by atoms with E-state index in [4.69, 9.17) is 5.11 Å². The molecule has 18 heavy (non-hydrogen) atoms. The first-order valence-corrected chi connectivity index (χ1v) is 7.32. The predicted molar refractivity (Wildman–Crippen MR) is 75.7 cm³/mol. The molecular weight excluding hydrogens is 244 g/mol. The molecule has 1 fully saturated rings. The molecule has 1 saturated heterocycles. The van der Waals surface area contributed by atoms with Gasteiger partial charge in [0.2, 0.25) is 0 Å². The van der Waals surface area contributed by atoms with Gasteiger partial charge in [0, 0.05) is 43.2 Å². The third-order valence-corrected chi connectivity index (χ3v) is 4.23. The number of likely N-dealkylation sites (N-methyl/N-ethyl adjacent to an activating group) is 1. The van der Waals surface area contributed by atoms with E-state index >= 15 is 0 Å². The lowest BCUT2D eigenvalue weighted by atomic mass is 10.2. The second-order valence-corrected chi connectivity index (χ2v) is 5.43. The number of aliphatic hydroxyl groups is 1. The van der Waals surface area contributed by atoms with Crippen LogP contribution in [0.2, 0.25) is 0 Å². The molecule has 3 nitrogen and oxygen atoms in total. The van der Waals surface area contributed by atoms with E-state index in [-0.39, 0.29) is 6.61 Å². The first kappa shape index (κ1) is 13.6. The van der Waals surface area contributed by atoms with Gasteiger partial charge in [-0.1, -0.05) is 18.8 Å². The van der Waals surface area contributed by atoms with Gasteiger partial charge in [0.25, 0.3) is 0 Å². The van der Waals surface area contributed by atoms with E-state index in [1.807, 2.05) is 6.07 Å². The van der Waals surface area contributed by atoms with Crippen molar-refractivity contribution in [2.24, 2.45) is 0 Å². The van der Waals surface area contributed by atoms with Crippen LogP contribution in [-0.4, -0.2) is 54.2 Å². The summed E-state index contributed by atoms with van der Waals surface area (Å²) in [6.07, 6.45) is 0. The quantitative estimate of drug-likeness (QED) is 0.832. The number of nitrogens with zero attached hydrogens (tertiary/aromatic N) is 2. The molecule has 1 N–H and O–H groups in total. The highest BCUT2D eigenvalue weighted by atomic mass is 32.1. The second-order valence-electron chi connectivity index (χ2n) is 4.43. The van der Waals surface area contributed by atoms with E-state index in [1.165, 1.54) is 18.0 Å². The first-order chi connectivity index (χ1) is 8.83. The zero-order valence-electron chi connectivity index (χ0n) is 10.9. The standard InChI is InChI=1S/C14H20N2OS/c1-2-15-6-8-16(9-7-15)12-14-13(4-3-10-17)5-11-18-14/h5,11,17H,2,6-10,12H2,1H3. The minimum absolute atomic E-state index is 0.0650. The second kappa shape index (κ2) is 6.91. The van der Waals surface area contributed by atoms with Gasteiger partial charge < -0.3 is 10.0 Å². The molecule has 0 aromatic carbocycles. The zero-order chi connectivity index (χ0) is 12.8. The molecule has 0 radical (unpaired) electrons. The molecule has 0 aliphatic carbocycles. The molecule has 1 aliphatic heterocycles. The van der Waals surface area contributed by atoms with Crippen LogP contribution in [0.1, 0.15) is 17.4 Å². The van der Waals surface area contributed by atoms with Gasteiger partial charge in [0.1, 0.15) is 6.61 Å². The first-order valence-electron chi connectivity index (χ1n) is 6.44. The highest BCUT2D eigenvalue weighted by Gasteiger charge is 2.16. The fourth-order valence-corrected chi connectivity index (χ4v) is 3.05. The van der Waals surface area contributed by atoms with Crippen LogP contribution in [0.4, 0.5) is 0 Å². The SMILES string of the molecule is CCN1CCN(Cc2sccc2C#CCO)CC1. The number of thiophene rings is 1. The van der Waals surface area contributed by atoms with Crippen molar-refractivity contribution in [3.05, 3.63) is 21.9 Å². The average Bonchev–Trinajstić information content (AvgIpc) is 2.84. The normalized spacial score (nSPS) is 17.4. The minimum Gasteiger partial charge on any atom is -0.384 e. The van der Waals surface area contributed by atoms with Gasteiger partial charge in [-0.05, 0) is 18.0 Å². The third kappa shape index (κ3) is 3.56. The van der Waals surface area contributed by atoms with Crippen molar-refractivity contribution in [3.63, 3.8) is 0 Å². The summed E-state index contributed by atoms with van der Waals surface area (Å²) in [5.41, 5.74) is 1.08. The van der Waals surface area contributed by atoms with Crippen molar-refractivity contribution in [1.29, 1.82) is 0 Å². The van der Waals surface area contributed by atoms with Gasteiger partial charge in [0.15, 0.2) is 0 Å². The lowest BCUT2D eigenvalue weighted by Gasteiger charge is -2.33. The van der Waals surface area contributed by atoms with Gasteiger partial charge in [-0.2, -0.15) is 0 Å². The lowest BCUT2D eigenvalue weighted by Crippen LogP contribution is -2.45. The maximum atomic E-state index is 8.75. The van der Waals surface area contributed by atoms with Crippen LogP contribution < -0.4 is 0 Å². The van der Waals surface area contributed by atoms with Crippen LogP contribution in [0.15, 0.2) is 11.4 Å². The number of aliphatic hydroxyl groups excluding tert-OH is 1. The Morgan fingerprint density at radius 3 is 2.67 bits per heavy atom. The van der Waals surface area contributed by atoms with Gasteiger partial charge in [-0.3, -0.25) is 4.90 Å². The summed E-state index contributed by atoms with van der Waals surface area (Å²) in [7, 11) is 0. The Morgan fingerprint density at radius 1 is 1.28 bits per heavy atom. The maximum Gasteiger partial charge on any atom is 0.104 e. The highest BCUT2D eigenvalue weighted by Crippen LogP contribution is 2.19. The van der Waals surface area contributed by atoms with Crippen molar-refractivity contribution >= 4 is 11.3 Å². The van der Waals surface area contributed by atoms with E-state index in [2.05, 4.69) is 33.9 Å². The zero-order valence-corrected chi connectivity index (χ0v) is 11.7. The number of rotatable bonds is 3. The number of piperazine rings is 1. The molecule has 0 atom stereocenters. The summed E-state index contributed by atoms with van der Waals surface area (Å²) >= 11 is 1.76. The van der Waals surface area contributed by atoms with Gasteiger partial charge in [0.05, 0.1) is 0 Å². The Balaban J connectivity index is 1.92. The Kier molecular flexibility index (Phi) is 5.21. The van der Waals surface area contributed by atoms with E-state index in [1.54, 1.807) is 11.3 Å². The minimum atomic E-state index is -0.0650. The lowest BCUT2D eigenvalue weighted by molar-refractivity contribution is 0.133. The van der Waals surface area contributed by atoms with E-state index < -0.39 is 0 Å². The molecule has 4 heteroatoms. The van der Waals surface area contributed by atoms with Crippen molar-refractivity contribution in [1.82, 2.24) is 9.80 Å². The summed E-state index contributed by atoms with van der Waals surface area (Å²) in [6.45, 7) is 8.91. The summed E-state index contributed by atoms with van der Waals surface area (Å²) in [5, 5.41) is 10.8. The Morgan fingerprint density at radius 2 is 2.00 bits per heavy atom. The Labute approximate surface area is 113 Å². The van der Waals surface area contributed by atoms with E-state index in [0.717, 1.165) is 31.7 Å². The summed E-state index contributed by atoms with van der Waals surface area (Å²) < 4.78 is 0. The summed E-state index contributed by atoms with van der Waals surface area (Å²) in [6, 6.07) is 2.05. The van der Waals surface area contributed by atoms with Crippen molar-refractivity contribution < 1.29 is 5.11 Å². The topological polar surface area (TPSA) is 26.7 Å². The molecule has 1 aliphatic rings. The molecule has 0 bridgehead atoms. The van der Waals surface area contributed by atoms with Crippen LogP contribution in [0.5, 0.6) is 0 Å². The van der Waals surface area contributed by atoms with Crippen LogP contribution in [0.25, 0.3) is 0 Å². The maximum absolute atomic E-state index is 8.75. The predicted octanol–water partition coefficient (Wildman–Crippen LogP) is 1.23. The van der Waals surface area contributed by atoms with E-state index in [9.17, 15) is 0 Å². The highest BCUT2D eigenvalue weighted by molar-refractivity contribution is 7.10. The molecule has 1 aromatic rings. The molecule has 0 unspecified atom stereocenters. The molecule has 0 amide bonds. The van der Waals surface area contributed by atoms with Crippen LogP contribution in [0.3, 0.4) is 0 Å². The fraction of sp³-hybridized carbons (Fsp3) is 0.571. The molecule has 1 aromatic heterocycles. The van der Waals surface area contributed by atoms with E-state index in [0.29, 0.717) is 0 Å². The molecule has 0 spiro atoms. The van der Waals surface area contributed by atoms with Crippen LogP contribution >= 0.6 is 11.3 Å². The summed E-state index contributed by atoms with van der Waals surface area (Å²) in [4.78, 5) is 6.29. The molecule has 2 heterocycles. The molecule has 98 valence electrons. The molecule has 0 saturated carbocycles. The smallest absolute Gasteiger partial charge is 0.104 e. The largest absolute Gasteiger partial charge is 0.384 e. The van der Waals surface area contributed by atoms with Gasteiger partial charge >= 0.3 is 0 Å². The number of hydrogen-bond donors (Lipinski definition) is 1. The van der Waals surface area contributed by atoms with Crippen LogP contribution in [-0.2, 0) is 6.54 Å². The molecule has 2 rings (SSSR count). The van der Waals surface area contributed by atoms with Gasteiger partial charge in [-0.15, -0.1) is 11.3 Å². The van der Waals surface area contributed by atoms with Crippen molar-refractivity contribution in [2.45, 2.75) is 13.5 Å².